The van der Waals surface area contributed by atoms with E-state index >= 15 is 0 Å². The predicted molar refractivity (Wildman–Crippen MR) is 99.2 cm³/mol. The summed E-state index contributed by atoms with van der Waals surface area (Å²) in [6.45, 7) is 2.00. The fraction of sp³-hybridized carbons (Fsp3) is 0.529. The number of esters is 1. The molecule has 1 aliphatic heterocycles. The van der Waals surface area contributed by atoms with Gasteiger partial charge in [0.2, 0.25) is 10.0 Å². The smallest absolute Gasteiger partial charge is 0.308 e. The van der Waals surface area contributed by atoms with Gasteiger partial charge in [-0.25, -0.2) is 13.1 Å². The van der Waals surface area contributed by atoms with Crippen LogP contribution in [-0.2, 0) is 26.1 Å². The molecule has 0 radical (unpaired) electrons. The number of nitrogens with one attached hydrogen (secondary N) is 2. The van der Waals surface area contributed by atoms with Crippen LogP contribution in [0.1, 0.15) is 18.4 Å². The molecule has 1 fully saturated rings. The molecule has 0 aromatic heterocycles. The van der Waals surface area contributed by atoms with Crippen LogP contribution in [0.25, 0.3) is 0 Å². The molecule has 1 heterocycles. The third-order valence-corrected chi connectivity index (χ3v) is 5.92. The number of hydrogen-bond donors (Lipinski definition) is 2. The maximum Gasteiger partial charge on any atom is 0.308 e. The zero-order chi connectivity index (χ0) is 19.2. The van der Waals surface area contributed by atoms with Crippen molar-refractivity contribution in [3.8, 4) is 0 Å². The van der Waals surface area contributed by atoms with E-state index in [1.54, 1.807) is 31.3 Å². The Labute approximate surface area is 154 Å². The molecule has 8 nitrogen and oxygen atoms in total. The maximum absolute atomic E-state index is 11.7. The lowest BCUT2D eigenvalue weighted by Crippen LogP contribution is -2.46. The van der Waals surface area contributed by atoms with Crippen molar-refractivity contribution in [1.82, 2.24) is 14.9 Å². The normalized spacial score (nSPS) is 16.4. The molecule has 1 saturated heterocycles. The number of ether oxygens (including phenoxy) is 1. The summed E-state index contributed by atoms with van der Waals surface area (Å²) in [6.07, 6.45) is 1.48. The summed E-state index contributed by atoms with van der Waals surface area (Å²) < 4.78 is 30.6. The van der Waals surface area contributed by atoms with Crippen molar-refractivity contribution in [3.63, 3.8) is 0 Å². The topological polar surface area (TPSA) is 100 Å². The summed E-state index contributed by atoms with van der Waals surface area (Å²) in [5.74, 6) is 0.570. The van der Waals surface area contributed by atoms with Gasteiger partial charge >= 0.3 is 5.97 Å². The predicted octanol–water partition coefficient (Wildman–Crippen LogP) is 0.555. The van der Waals surface area contributed by atoms with Crippen LogP contribution < -0.4 is 10.0 Å². The van der Waals surface area contributed by atoms with E-state index in [-0.39, 0.29) is 16.8 Å². The number of rotatable bonds is 5. The standard InChI is InChI=1S/C17H26N4O4S/c1-18-17(21-10-8-14(9-11-21)16(22)25-3)20-12-13-4-6-15(7-5-13)26(23,24)19-2/h4-7,14,19H,8-12H2,1-3H3,(H,18,20). The Bertz CT molecular complexity index is 739. The molecule has 2 rings (SSSR count). The molecule has 144 valence electrons. The van der Waals surface area contributed by atoms with Gasteiger partial charge in [0.1, 0.15) is 0 Å². The third kappa shape index (κ3) is 4.95. The average Bonchev–Trinajstić information content (AvgIpc) is 2.68. The fourth-order valence-electron chi connectivity index (χ4n) is 2.91. The molecule has 0 bridgehead atoms. The highest BCUT2D eigenvalue weighted by molar-refractivity contribution is 7.89. The number of sulfonamides is 1. The van der Waals surface area contributed by atoms with Crippen LogP contribution in [0.15, 0.2) is 34.2 Å². The van der Waals surface area contributed by atoms with Gasteiger partial charge in [-0.05, 0) is 37.6 Å². The lowest BCUT2D eigenvalue weighted by molar-refractivity contribution is -0.146. The monoisotopic (exact) mass is 382 g/mol. The summed E-state index contributed by atoms with van der Waals surface area (Å²) in [7, 11) is 1.10. The zero-order valence-electron chi connectivity index (χ0n) is 15.4. The Morgan fingerprint density at radius 1 is 1.27 bits per heavy atom. The number of carbonyl (C=O) groups is 1. The Hall–Kier alpha value is -2.13. The Kier molecular flexibility index (Phi) is 6.98. The van der Waals surface area contributed by atoms with Gasteiger partial charge in [0.15, 0.2) is 5.96 Å². The van der Waals surface area contributed by atoms with Crippen molar-refractivity contribution in [2.75, 3.05) is 34.3 Å². The van der Waals surface area contributed by atoms with Gasteiger partial charge in [0, 0.05) is 26.7 Å². The Balaban J connectivity index is 1.91. The van der Waals surface area contributed by atoms with Crippen LogP contribution in [0, 0.1) is 5.92 Å². The second-order valence-electron chi connectivity index (χ2n) is 6.04. The molecule has 1 aromatic rings. The first-order valence-electron chi connectivity index (χ1n) is 8.47. The lowest BCUT2D eigenvalue weighted by Gasteiger charge is -2.33. The van der Waals surface area contributed by atoms with Gasteiger partial charge in [0.05, 0.1) is 17.9 Å². The molecule has 9 heteroatoms. The van der Waals surface area contributed by atoms with E-state index in [0.29, 0.717) is 6.54 Å². The van der Waals surface area contributed by atoms with Crippen molar-refractivity contribution in [3.05, 3.63) is 29.8 Å². The summed E-state index contributed by atoms with van der Waals surface area (Å²) in [5, 5.41) is 3.28. The first kappa shape index (κ1) is 20.2. The minimum atomic E-state index is -3.42. The molecule has 0 unspecified atom stereocenters. The number of aliphatic imine (C=N–C) groups is 1. The summed E-state index contributed by atoms with van der Waals surface area (Å²) in [4.78, 5) is 18.3. The van der Waals surface area contributed by atoms with Crippen molar-refractivity contribution < 1.29 is 17.9 Å². The van der Waals surface area contributed by atoms with Gasteiger partial charge in [0.25, 0.3) is 0 Å². The highest BCUT2D eigenvalue weighted by atomic mass is 32.2. The first-order chi connectivity index (χ1) is 12.4. The minimum absolute atomic E-state index is 0.0453. The highest BCUT2D eigenvalue weighted by Gasteiger charge is 2.26. The van der Waals surface area contributed by atoms with E-state index in [9.17, 15) is 13.2 Å². The molecule has 0 spiro atoms. The minimum Gasteiger partial charge on any atom is -0.469 e. The fourth-order valence-corrected chi connectivity index (χ4v) is 3.64. The molecule has 1 aliphatic rings. The molecule has 0 saturated carbocycles. The number of hydrogen-bond acceptors (Lipinski definition) is 5. The van der Waals surface area contributed by atoms with E-state index in [1.807, 2.05) is 0 Å². The van der Waals surface area contributed by atoms with Crippen molar-refractivity contribution in [1.29, 1.82) is 0 Å². The van der Waals surface area contributed by atoms with Gasteiger partial charge in [-0.2, -0.15) is 0 Å². The van der Waals surface area contributed by atoms with Gasteiger partial charge in [-0.3, -0.25) is 9.79 Å². The number of benzene rings is 1. The molecule has 0 amide bonds. The van der Waals surface area contributed by atoms with E-state index in [2.05, 4.69) is 19.9 Å². The van der Waals surface area contributed by atoms with Crippen LogP contribution >= 0.6 is 0 Å². The van der Waals surface area contributed by atoms with Crippen LogP contribution in [0.5, 0.6) is 0 Å². The second kappa shape index (κ2) is 9.00. The number of guanidine groups is 1. The van der Waals surface area contributed by atoms with Gasteiger partial charge in [-0.15, -0.1) is 0 Å². The number of likely N-dealkylation sites (tertiary alicyclic amines) is 1. The van der Waals surface area contributed by atoms with Crippen LogP contribution in [0.4, 0.5) is 0 Å². The molecule has 2 N–H and O–H groups in total. The zero-order valence-corrected chi connectivity index (χ0v) is 16.2. The first-order valence-corrected chi connectivity index (χ1v) is 9.95. The lowest BCUT2D eigenvalue weighted by atomic mass is 9.97. The second-order valence-corrected chi connectivity index (χ2v) is 7.92. The van der Waals surface area contributed by atoms with E-state index in [1.165, 1.54) is 14.2 Å². The van der Waals surface area contributed by atoms with E-state index in [0.717, 1.165) is 37.5 Å². The van der Waals surface area contributed by atoms with Crippen molar-refractivity contribution in [2.45, 2.75) is 24.3 Å². The highest BCUT2D eigenvalue weighted by Crippen LogP contribution is 2.18. The Morgan fingerprint density at radius 2 is 1.88 bits per heavy atom. The molecule has 0 aliphatic carbocycles. The molecule has 0 atom stereocenters. The van der Waals surface area contributed by atoms with Crippen LogP contribution in [0.2, 0.25) is 0 Å². The summed E-state index contributed by atoms with van der Waals surface area (Å²) in [5.41, 5.74) is 0.950. The quantitative estimate of drug-likeness (QED) is 0.438. The number of piperidine rings is 1. The summed E-state index contributed by atoms with van der Waals surface area (Å²) >= 11 is 0. The molecule has 1 aromatic carbocycles. The van der Waals surface area contributed by atoms with Crippen molar-refractivity contribution >= 4 is 22.0 Å². The third-order valence-electron chi connectivity index (χ3n) is 4.49. The largest absolute Gasteiger partial charge is 0.469 e. The van der Waals surface area contributed by atoms with Crippen LogP contribution in [0.3, 0.4) is 0 Å². The SMILES string of the molecule is CN=C(NCc1ccc(S(=O)(=O)NC)cc1)N1CCC(C(=O)OC)CC1. The van der Waals surface area contributed by atoms with Gasteiger partial charge in [-0.1, -0.05) is 12.1 Å². The molecule has 26 heavy (non-hydrogen) atoms. The number of nitrogens with zero attached hydrogens (tertiary/aromatic N) is 2. The number of methoxy groups -OCH3 is 1. The van der Waals surface area contributed by atoms with Crippen LogP contribution in [-0.4, -0.2) is 59.5 Å². The number of carbonyl (C=O) groups excluding carboxylic acids is 1. The molecular formula is C17H26N4O4S. The van der Waals surface area contributed by atoms with E-state index < -0.39 is 10.0 Å². The van der Waals surface area contributed by atoms with Gasteiger partial charge < -0.3 is 15.0 Å². The average molecular weight is 382 g/mol. The maximum atomic E-state index is 11.7. The van der Waals surface area contributed by atoms with Crippen molar-refractivity contribution in [2.24, 2.45) is 10.9 Å². The molecular weight excluding hydrogens is 356 g/mol. The summed E-state index contributed by atoms with van der Waals surface area (Å²) in [6, 6.07) is 6.70. The Morgan fingerprint density at radius 3 is 2.38 bits per heavy atom. The van der Waals surface area contributed by atoms with E-state index in [4.69, 9.17) is 4.74 Å².